The van der Waals surface area contributed by atoms with Crippen LogP contribution in [-0.2, 0) is 9.53 Å². The zero-order valence-electron chi connectivity index (χ0n) is 13.1. The van der Waals surface area contributed by atoms with Crippen molar-refractivity contribution in [2.24, 2.45) is 10.8 Å². The number of nitrogens with zero attached hydrogens (tertiary/aromatic N) is 1. The molecule has 0 saturated carbocycles. The highest BCUT2D eigenvalue weighted by Gasteiger charge is 2.51. The van der Waals surface area contributed by atoms with Crippen LogP contribution in [0.5, 0.6) is 0 Å². The van der Waals surface area contributed by atoms with Crippen molar-refractivity contribution in [2.45, 2.75) is 53.3 Å². The highest BCUT2D eigenvalue weighted by atomic mass is 16.6. The van der Waals surface area contributed by atoms with Crippen LogP contribution >= 0.6 is 0 Å². The van der Waals surface area contributed by atoms with E-state index in [0.717, 1.165) is 4.90 Å². The second-order valence-corrected chi connectivity index (χ2v) is 6.72. The number of carbonyl (C=O) groups excluding carboxylic acids is 1. The number of ether oxygens (including phenoxy) is 1. The maximum absolute atomic E-state index is 12.1. The van der Waals surface area contributed by atoms with Gasteiger partial charge in [-0.25, -0.2) is 9.59 Å². The summed E-state index contributed by atoms with van der Waals surface area (Å²) in [5, 5.41) is 18.7. The van der Waals surface area contributed by atoms with Crippen LogP contribution in [0.2, 0.25) is 0 Å². The number of aliphatic hydroxyl groups is 1. The van der Waals surface area contributed by atoms with Crippen LogP contribution in [0.15, 0.2) is 0 Å². The highest BCUT2D eigenvalue weighted by molar-refractivity contribution is 5.84. The van der Waals surface area contributed by atoms with Crippen molar-refractivity contribution in [2.75, 3.05) is 6.61 Å². The lowest BCUT2D eigenvalue weighted by Gasteiger charge is -2.34. The molecule has 110 valence electrons. The molecule has 1 heterocycles. The van der Waals surface area contributed by atoms with Gasteiger partial charge >= 0.3 is 12.1 Å². The number of aliphatic hydroxyl groups excluding tert-OH is 1. The Morgan fingerprint density at radius 1 is 1.42 bits per heavy atom. The summed E-state index contributed by atoms with van der Waals surface area (Å²) in [4.78, 5) is 24.3. The van der Waals surface area contributed by atoms with Crippen LogP contribution < -0.4 is 0 Å². The van der Waals surface area contributed by atoms with Gasteiger partial charge in [0.1, 0.15) is 6.02 Å². The summed E-state index contributed by atoms with van der Waals surface area (Å²) in [5.41, 5.74) is -1.40. The molecule has 0 radical (unpaired) electrons. The molecule has 2 N–H and O–H groups in total. The Hall–Kier alpha value is -1.30. The maximum Gasteiger partial charge on any atom is 0.410 e. The Kier molecular flexibility index (Phi) is 3.71. The van der Waals surface area contributed by atoms with E-state index >= 15 is 0 Å². The summed E-state index contributed by atoms with van der Waals surface area (Å²) < 4.78 is 13.4. The molecule has 1 aliphatic rings. The minimum atomic E-state index is -2.03. The van der Waals surface area contributed by atoms with Gasteiger partial charge < -0.3 is 14.9 Å². The molecule has 1 amide bonds. The molecule has 2 atom stereocenters. The molecule has 6 heteroatoms. The fraction of sp³-hybridized carbons (Fsp3) is 0.846. The van der Waals surface area contributed by atoms with E-state index < -0.39 is 35.1 Å². The van der Waals surface area contributed by atoms with Crippen molar-refractivity contribution in [3.8, 4) is 0 Å². The van der Waals surface area contributed by atoms with Crippen LogP contribution in [0.3, 0.4) is 0 Å². The number of cyclic esters (lactones) is 1. The molecular weight excluding hydrogens is 250 g/mol. The third kappa shape index (κ3) is 3.37. The molecule has 1 saturated heterocycles. The van der Waals surface area contributed by atoms with E-state index in [1.54, 1.807) is 34.6 Å². The fourth-order valence-corrected chi connectivity index (χ4v) is 1.91. The average Bonchev–Trinajstić information content (AvgIpc) is 2.50. The van der Waals surface area contributed by atoms with Crippen molar-refractivity contribution < 1.29 is 25.9 Å². The normalized spacial score (nSPS) is 29.2. The molecule has 19 heavy (non-hydrogen) atoms. The van der Waals surface area contributed by atoms with Crippen molar-refractivity contribution in [1.82, 2.24) is 4.90 Å². The van der Waals surface area contributed by atoms with Gasteiger partial charge in [-0.05, 0) is 11.8 Å². The topological polar surface area (TPSA) is 87.1 Å². The van der Waals surface area contributed by atoms with Crippen LogP contribution in [0, 0.1) is 10.8 Å². The monoisotopic (exact) mass is 274 g/mol. The van der Waals surface area contributed by atoms with E-state index in [0.29, 0.717) is 0 Å². The lowest BCUT2D eigenvalue weighted by atomic mass is 9.85. The van der Waals surface area contributed by atoms with E-state index in [2.05, 4.69) is 0 Å². The minimum absolute atomic E-state index is 0.131. The summed E-state index contributed by atoms with van der Waals surface area (Å²) >= 11 is 0. The molecule has 0 bridgehead atoms. The molecule has 6 nitrogen and oxygen atoms in total. The second kappa shape index (κ2) is 5.00. The first-order valence-electron chi connectivity index (χ1n) is 6.69. The number of carboxylic acid groups (broad SMARTS) is 1. The molecule has 0 unspecified atom stereocenters. The van der Waals surface area contributed by atoms with Crippen LogP contribution in [-0.4, -0.2) is 46.0 Å². The number of amides is 1. The van der Waals surface area contributed by atoms with Gasteiger partial charge in [-0.3, -0.25) is 4.90 Å². The number of hydrogen-bond donors (Lipinski definition) is 2. The quantitative estimate of drug-likeness (QED) is 0.764. The summed E-state index contributed by atoms with van der Waals surface area (Å²) in [5.74, 6) is -0.888. The van der Waals surface area contributed by atoms with E-state index in [1.807, 2.05) is 0 Å². The third-order valence-corrected chi connectivity index (χ3v) is 3.00. The first kappa shape index (κ1) is 14.1. The van der Waals surface area contributed by atoms with Gasteiger partial charge in [0.2, 0.25) is 0 Å². The van der Waals surface area contributed by atoms with E-state index in [1.165, 1.54) is 0 Å². The zero-order valence-corrected chi connectivity index (χ0v) is 12.1. The largest absolute Gasteiger partial charge is 0.465 e. The number of rotatable bonds is 3. The van der Waals surface area contributed by atoms with E-state index in [4.69, 9.17) is 6.11 Å². The summed E-state index contributed by atoms with van der Waals surface area (Å²) in [6, 6.07) is -2.03. The molecule has 1 fully saturated rings. The first-order valence-corrected chi connectivity index (χ1v) is 6.19. The van der Waals surface area contributed by atoms with Gasteiger partial charge in [0, 0.05) is 12.0 Å². The predicted molar refractivity (Wildman–Crippen MR) is 68.5 cm³/mol. The molecule has 0 aliphatic carbocycles. The standard InChI is InChI=1S/C13H23NO5/c1-12(2,3)10-14(11(17)18)8(9(16)19-10)6-13(4,5)7-15/h8,10,15H,6-7H2,1-5H3,(H,17,18)/t8-,10+/m0/s1/i8D. The van der Waals surface area contributed by atoms with Crippen LogP contribution in [0.4, 0.5) is 4.79 Å². The second-order valence-electron chi connectivity index (χ2n) is 6.72. The SMILES string of the molecule is [2H][C@]1(CC(C)(C)CO)C(=O)O[C@H](C(C)(C)C)N1C(=O)O. The van der Waals surface area contributed by atoms with Gasteiger partial charge in [0.25, 0.3) is 0 Å². The van der Waals surface area contributed by atoms with Gasteiger partial charge in [0.05, 0.1) is 1.37 Å². The summed E-state index contributed by atoms with van der Waals surface area (Å²) in [7, 11) is 0. The van der Waals surface area contributed by atoms with Crippen molar-refractivity contribution >= 4 is 12.1 Å². The van der Waals surface area contributed by atoms with Gasteiger partial charge in [-0.2, -0.15) is 0 Å². The Labute approximate surface area is 114 Å². The zero-order chi connectivity index (χ0) is 15.9. The average molecular weight is 274 g/mol. The fourth-order valence-electron chi connectivity index (χ4n) is 1.91. The Bertz CT molecular complexity index is 417. The Morgan fingerprint density at radius 2 is 1.95 bits per heavy atom. The van der Waals surface area contributed by atoms with Crippen molar-refractivity contribution in [3.05, 3.63) is 0 Å². The van der Waals surface area contributed by atoms with Crippen molar-refractivity contribution in [1.29, 1.82) is 0 Å². The Morgan fingerprint density at radius 3 is 2.32 bits per heavy atom. The number of esters is 1. The van der Waals surface area contributed by atoms with Crippen LogP contribution in [0.1, 0.15) is 42.4 Å². The molecule has 1 aliphatic heterocycles. The molecule has 0 spiro atoms. The summed E-state index contributed by atoms with van der Waals surface area (Å²) in [6.07, 6.45) is -2.52. The summed E-state index contributed by atoms with van der Waals surface area (Å²) in [6.45, 7) is 8.30. The number of carbonyl (C=O) groups is 2. The maximum atomic E-state index is 12.1. The predicted octanol–water partition coefficient (Wildman–Crippen LogP) is 1.67. The first-order chi connectivity index (χ1) is 8.85. The Balaban J connectivity index is 3.23. The highest BCUT2D eigenvalue weighted by Crippen LogP contribution is 2.36. The number of hydrogen-bond acceptors (Lipinski definition) is 4. The van der Waals surface area contributed by atoms with Gasteiger partial charge in [-0.15, -0.1) is 0 Å². The lowest BCUT2D eigenvalue weighted by Crippen LogP contribution is -2.48. The van der Waals surface area contributed by atoms with E-state index in [9.17, 15) is 19.8 Å². The smallest absolute Gasteiger partial charge is 0.410 e. The molecule has 0 aromatic heterocycles. The van der Waals surface area contributed by atoms with Crippen molar-refractivity contribution in [3.63, 3.8) is 0 Å². The molecule has 1 rings (SSSR count). The van der Waals surface area contributed by atoms with Gasteiger partial charge in [0.15, 0.2) is 6.23 Å². The molecule has 0 aromatic rings. The van der Waals surface area contributed by atoms with Gasteiger partial charge in [-0.1, -0.05) is 34.6 Å². The lowest BCUT2D eigenvalue weighted by molar-refractivity contribution is -0.147. The molecule has 0 aromatic carbocycles. The molecular formula is C13H23NO5. The van der Waals surface area contributed by atoms with Crippen LogP contribution in [0.25, 0.3) is 0 Å². The third-order valence-electron chi connectivity index (χ3n) is 3.00. The van der Waals surface area contributed by atoms with E-state index in [-0.39, 0.29) is 13.0 Å². The minimum Gasteiger partial charge on any atom is -0.465 e.